The number of hydrogen-bond donors (Lipinski definition) is 0. The molecule has 0 aliphatic rings. The van der Waals surface area contributed by atoms with Crippen LogP contribution in [-0.4, -0.2) is 16.6 Å². The number of benzene rings is 1. The summed E-state index contributed by atoms with van der Waals surface area (Å²) < 4.78 is 36.1. The first-order valence-electron chi connectivity index (χ1n) is 5.26. The second-order valence-electron chi connectivity index (χ2n) is 3.79. The minimum atomic E-state index is -4.12. The largest absolute Gasteiger partial charge is 0.441 e. The third-order valence-electron chi connectivity index (χ3n) is 2.55. The molecule has 0 N–H and O–H groups in total. The highest BCUT2D eigenvalue weighted by Crippen LogP contribution is 2.33. The summed E-state index contributed by atoms with van der Waals surface area (Å²) in [4.78, 5) is 0. The van der Waals surface area contributed by atoms with E-state index in [1.54, 1.807) is 0 Å². The zero-order valence-corrected chi connectivity index (χ0v) is 11.8. The second kappa shape index (κ2) is 6.69. The minimum Gasteiger partial charge on any atom is -0.160 e. The zero-order valence-electron chi connectivity index (χ0n) is 9.43. The van der Waals surface area contributed by atoms with Gasteiger partial charge in [0.1, 0.15) is 0 Å². The summed E-state index contributed by atoms with van der Waals surface area (Å²) in [6.07, 6.45) is 0.528. The van der Waals surface area contributed by atoms with Crippen LogP contribution >= 0.6 is 27.7 Å². The Morgan fingerprint density at radius 2 is 1.94 bits per heavy atom. The van der Waals surface area contributed by atoms with Gasteiger partial charge in [0, 0.05) is 11.1 Å². The average Bonchev–Trinajstić information content (AvgIpc) is 2.24. The molecule has 1 rings (SSSR count). The van der Waals surface area contributed by atoms with Gasteiger partial charge in [0.15, 0.2) is 0 Å². The fourth-order valence-electron chi connectivity index (χ4n) is 1.68. The molecule has 0 saturated carbocycles. The van der Waals surface area contributed by atoms with Crippen LogP contribution < -0.4 is 0 Å². The predicted octanol–water partition coefficient (Wildman–Crippen LogP) is 5.12. The van der Waals surface area contributed by atoms with Crippen molar-refractivity contribution in [1.29, 1.82) is 0 Å². The quantitative estimate of drug-likeness (QED) is 0.677. The van der Waals surface area contributed by atoms with E-state index in [1.165, 1.54) is 0 Å². The molecule has 1 aromatic carbocycles. The van der Waals surface area contributed by atoms with Gasteiger partial charge in [-0.15, -0.1) is 0 Å². The number of rotatable bonds is 5. The van der Waals surface area contributed by atoms with Crippen LogP contribution in [0.1, 0.15) is 23.5 Å². The SMILES string of the molecule is Cc1ccccc1C(CBr)CCSC(F)(F)F. The molecule has 0 fully saturated rings. The van der Waals surface area contributed by atoms with Gasteiger partial charge < -0.3 is 0 Å². The van der Waals surface area contributed by atoms with Crippen LogP contribution in [0.5, 0.6) is 0 Å². The van der Waals surface area contributed by atoms with Crippen molar-refractivity contribution in [3.8, 4) is 0 Å². The van der Waals surface area contributed by atoms with E-state index in [0.29, 0.717) is 11.8 Å². The van der Waals surface area contributed by atoms with Crippen LogP contribution in [0.15, 0.2) is 24.3 Å². The summed E-state index contributed by atoms with van der Waals surface area (Å²) in [7, 11) is 0. The van der Waals surface area contributed by atoms with Crippen LogP contribution in [0.3, 0.4) is 0 Å². The maximum absolute atomic E-state index is 12.0. The lowest BCUT2D eigenvalue weighted by Crippen LogP contribution is -2.07. The molecule has 0 bridgehead atoms. The van der Waals surface area contributed by atoms with Crippen LogP contribution in [0.2, 0.25) is 0 Å². The molecule has 5 heteroatoms. The topological polar surface area (TPSA) is 0 Å². The molecule has 0 saturated heterocycles. The predicted molar refractivity (Wildman–Crippen MR) is 70.8 cm³/mol. The number of thioether (sulfide) groups is 1. The maximum Gasteiger partial charge on any atom is 0.441 e. The first-order chi connectivity index (χ1) is 7.94. The van der Waals surface area contributed by atoms with Gasteiger partial charge in [-0.2, -0.15) is 13.2 Å². The zero-order chi connectivity index (χ0) is 12.9. The van der Waals surface area contributed by atoms with Crippen molar-refractivity contribution < 1.29 is 13.2 Å². The van der Waals surface area contributed by atoms with Gasteiger partial charge in [0.25, 0.3) is 0 Å². The second-order valence-corrected chi connectivity index (χ2v) is 5.60. The Hall–Kier alpha value is -0.160. The number of halogens is 4. The summed E-state index contributed by atoms with van der Waals surface area (Å²) in [5.74, 6) is 0.250. The third kappa shape index (κ3) is 5.34. The van der Waals surface area contributed by atoms with Crippen molar-refractivity contribution in [3.63, 3.8) is 0 Å². The van der Waals surface area contributed by atoms with Crippen LogP contribution in [-0.2, 0) is 0 Å². The van der Waals surface area contributed by atoms with Gasteiger partial charge in [0.05, 0.1) is 0 Å². The molecule has 1 aromatic rings. The van der Waals surface area contributed by atoms with Crippen molar-refractivity contribution in [1.82, 2.24) is 0 Å². The van der Waals surface area contributed by atoms with Crippen molar-refractivity contribution >= 4 is 27.7 Å². The Kier molecular flexibility index (Phi) is 5.86. The Morgan fingerprint density at radius 1 is 1.29 bits per heavy atom. The van der Waals surface area contributed by atoms with Gasteiger partial charge in [-0.3, -0.25) is 0 Å². The number of hydrogen-bond acceptors (Lipinski definition) is 1. The molecule has 17 heavy (non-hydrogen) atoms. The first-order valence-corrected chi connectivity index (χ1v) is 7.37. The molecule has 1 unspecified atom stereocenters. The normalized spacial score (nSPS) is 13.7. The highest BCUT2D eigenvalue weighted by atomic mass is 79.9. The van der Waals surface area contributed by atoms with Gasteiger partial charge in [0.2, 0.25) is 0 Å². The molecule has 0 amide bonds. The van der Waals surface area contributed by atoms with E-state index in [9.17, 15) is 13.2 Å². The van der Waals surface area contributed by atoms with E-state index in [4.69, 9.17) is 0 Å². The molecule has 0 aromatic heterocycles. The molecule has 0 spiro atoms. The van der Waals surface area contributed by atoms with Crippen molar-refractivity contribution in [3.05, 3.63) is 35.4 Å². The summed E-state index contributed by atoms with van der Waals surface area (Å²) in [6, 6.07) is 7.84. The molecular formula is C12H14BrF3S. The summed E-state index contributed by atoms with van der Waals surface area (Å²) >= 11 is 3.43. The summed E-state index contributed by atoms with van der Waals surface area (Å²) in [5, 5.41) is 0.691. The van der Waals surface area contributed by atoms with Crippen molar-refractivity contribution in [2.24, 2.45) is 0 Å². The summed E-state index contributed by atoms with van der Waals surface area (Å²) in [5.41, 5.74) is -1.86. The van der Waals surface area contributed by atoms with E-state index >= 15 is 0 Å². The minimum absolute atomic E-state index is 0.0570. The molecular weight excluding hydrogens is 313 g/mol. The fourth-order valence-corrected chi connectivity index (χ4v) is 2.98. The van der Waals surface area contributed by atoms with Crippen molar-refractivity contribution in [2.45, 2.75) is 24.8 Å². The number of aryl methyl sites for hydroxylation is 1. The Bertz CT molecular complexity index is 352. The van der Waals surface area contributed by atoms with E-state index in [2.05, 4.69) is 15.9 Å². The number of alkyl halides is 4. The first kappa shape index (κ1) is 14.9. The fraction of sp³-hybridized carbons (Fsp3) is 0.500. The van der Waals surface area contributed by atoms with E-state index in [1.807, 2.05) is 31.2 Å². The molecule has 96 valence electrons. The average molecular weight is 327 g/mol. The van der Waals surface area contributed by atoms with E-state index in [0.717, 1.165) is 11.1 Å². The molecule has 1 atom stereocenters. The molecule has 0 aliphatic heterocycles. The monoisotopic (exact) mass is 326 g/mol. The van der Waals surface area contributed by atoms with Gasteiger partial charge in [-0.25, -0.2) is 0 Å². The maximum atomic E-state index is 12.0. The molecule has 0 radical (unpaired) electrons. The lowest BCUT2D eigenvalue weighted by Gasteiger charge is -2.17. The highest BCUT2D eigenvalue weighted by Gasteiger charge is 2.28. The summed E-state index contributed by atoms with van der Waals surface area (Å²) in [6.45, 7) is 1.99. The molecule has 0 aliphatic carbocycles. The van der Waals surface area contributed by atoms with E-state index < -0.39 is 5.51 Å². The smallest absolute Gasteiger partial charge is 0.160 e. The molecule has 0 nitrogen and oxygen atoms in total. The van der Waals surface area contributed by atoms with Crippen LogP contribution in [0, 0.1) is 6.92 Å². The highest BCUT2D eigenvalue weighted by molar-refractivity contribution is 9.09. The van der Waals surface area contributed by atoms with Gasteiger partial charge >= 0.3 is 5.51 Å². The Morgan fingerprint density at radius 3 is 2.47 bits per heavy atom. The van der Waals surface area contributed by atoms with Crippen LogP contribution in [0.25, 0.3) is 0 Å². The molecule has 0 heterocycles. The lowest BCUT2D eigenvalue weighted by molar-refractivity contribution is -0.0328. The Labute approximate surface area is 112 Å². The van der Waals surface area contributed by atoms with Crippen LogP contribution in [0.4, 0.5) is 13.2 Å². The van der Waals surface area contributed by atoms with Gasteiger partial charge in [-0.05, 0) is 30.4 Å². The van der Waals surface area contributed by atoms with E-state index in [-0.39, 0.29) is 23.4 Å². The third-order valence-corrected chi connectivity index (χ3v) is 4.10. The van der Waals surface area contributed by atoms with Gasteiger partial charge in [-0.1, -0.05) is 52.0 Å². The Balaban J connectivity index is 2.58. The standard InChI is InChI=1S/C12H14BrF3S/c1-9-4-2-3-5-11(9)10(8-13)6-7-17-12(14,15)16/h2-5,10H,6-8H2,1H3. The van der Waals surface area contributed by atoms with Crippen molar-refractivity contribution in [2.75, 3.05) is 11.1 Å². The lowest BCUT2D eigenvalue weighted by atomic mass is 9.94.